The first-order chi connectivity index (χ1) is 16.7. The standard InChI is InChI=1S/C26H19F2N3O3S/c1-17(32)30-21-8-10-22(11-9-21)35(33,34)23(14-29)12-19-16-31(26-5-3-2-4-24(19)26)15-18-6-7-20(27)13-25(18)28/h2-13,16H,15H2,1H3,(H,30,32)/b23-12+. The Morgan fingerprint density at radius 2 is 1.80 bits per heavy atom. The second-order valence-corrected chi connectivity index (χ2v) is 9.71. The summed E-state index contributed by atoms with van der Waals surface area (Å²) in [6.45, 7) is 1.42. The normalized spacial score (nSPS) is 11.9. The van der Waals surface area contributed by atoms with Crippen LogP contribution in [0.2, 0.25) is 0 Å². The van der Waals surface area contributed by atoms with Crippen molar-refractivity contribution in [2.24, 2.45) is 0 Å². The third kappa shape index (κ3) is 4.98. The van der Waals surface area contributed by atoms with Crippen LogP contribution in [0.4, 0.5) is 14.5 Å². The maximum atomic E-state index is 14.2. The number of nitriles is 1. The topological polar surface area (TPSA) is 92.0 Å². The summed E-state index contributed by atoms with van der Waals surface area (Å²) < 4.78 is 55.5. The summed E-state index contributed by atoms with van der Waals surface area (Å²) in [5, 5.41) is 12.9. The minimum absolute atomic E-state index is 0.0831. The van der Waals surface area contributed by atoms with Crippen LogP contribution in [-0.4, -0.2) is 18.9 Å². The third-order valence-electron chi connectivity index (χ3n) is 5.35. The van der Waals surface area contributed by atoms with Gasteiger partial charge in [-0.1, -0.05) is 24.3 Å². The number of hydrogen-bond acceptors (Lipinski definition) is 4. The summed E-state index contributed by atoms with van der Waals surface area (Å²) in [6.07, 6.45) is 2.90. The predicted molar refractivity (Wildman–Crippen MR) is 129 cm³/mol. The highest BCUT2D eigenvalue weighted by Gasteiger charge is 2.22. The summed E-state index contributed by atoms with van der Waals surface area (Å²) in [5.41, 5.74) is 1.83. The Morgan fingerprint density at radius 1 is 1.09 bits per heavy atom. The highest BCUT2D eigenvalue weighted by molar-refractivity contribution is 7.95. The second-order valence-electron chi connectivity index (χ2n) is 7.79. The average molecular weight is 492 g/mol. The third-order valence-corrected chi connectivity index (χ3v) is 7.03. The van der Waals surface area contributed by atoms with Crippen LogP contribution in [0.1, 0.15) is 18.1 Å². The number of amides is 1. The van der Waals surface area contributed by atoms with Crippen molar-refractivity contribution < 1.29 is 22.0 Å². The molecular formula is C26H19F2N3O3S. The summed E-state index contributed by atoms with van der Waals surface area (Å²) >= 11 is 0. The largest absolute Gasteiger partial charge is 0.342 e. The molecule has 4 aromatic rings. The molecule has 0 saturated heterocycles. The maximum absolute atomic E-state index is 14.2. The Morgan fingerprint density at radius 3 is 2.46 bits per heavy atom. The van der Waals surface area contributed by atoms with Gasteiger partial charge in [-0.15, -0.1) is 0 Å². The van der Waals surface area contributed by atoms with Crippen LogP contribution in [-0.2, 0) is 21.2 Å². The van der Waals surface area contributed by atoms with E-state index in [2.05, 4.69) is 5.32 Å². The van der Waals surface area contributed by atoms with Gasteiger partial charge in [0.15, 0.2) is 0 Å². The van der Waals surface area contributed by atoms with Crippen molar-refractivity contribution in [2.45, 2.75) is 18.4 Å². The molecule has 0 spiro atoms. The first-order valence-electron chi connectivity index (χ1n) is 10.5. The number of para-hydroxylation sites is 1. The van der Waals surface area contributed by atoms with E-state index in [0.717, 1.165) is 6.07 Å². The van der Waals surface area contributed by atoms with Gasteiger partial charge in [0.25, 0.3) is 0 Å². The molecule has 0 saturated carbocycles. The maximum Gasteiger partial charge on any atom is 0.221 e. The van der Waals surface area contributed by atoms with Crippen molar-refractivity contribution in [3.63, 3.8) is 0 Å². The number of allylic oxidation sites excluding steroid dienone is 1. The molecule has 0 radical (unpaired) electrons. The molecule has 1 aromatic heterocycles. The quantitative estimate of drug-likeness (QED) is 0.372. The minimum atomic E-state index is -4.15. The fraction of sp³-hybridized carbons (Fsp3) is 0.0769. The molecule has 0 bridgehead atoms. The monoisotopic (exact) mass is 491 g/mol. The van der Waals surface area contributed by atoms with E-state index < -0.39 is 26.4 Å². The molecule has 0 aliphatic carbocycles. The summed E-state index contributed by atoms with van der Waals surface area (Å²) in [4.78, 5) is 10.6. The van der Waals surface area contributed by atoms with Gasteiger partial charge >= 0.3 is 0 Å². The first-order valence-corrected chi connectivity index (χ1v) is 11.9. The van der Waals surface area contributed by atoms with Crippen LogP contribution in [0.25, 0.3) is 17.0 Å². The molecule has 4 rings (SSSR count). The zero-order valence-electron chi connectivity index (χ0n) is 18.5. The Bertz CT molecular complexity index is 1620. The predicted octanol–water partition coefficient (Wildman–Crippen LogP) is 5.26. The average Bonchev–Trinajstić information content (AvgIpc) is 3.16. The van der Waals surface area contributed by atoms with E-state index in [-0.39, 0.29) is 22.9 Å². The Kier molecular flexibility index (Phi) is 6.49. The zero-order valence-corrected chi connectivity index (χ0v) is 19.3. The van der Waals surface area contributed by atoms with Crippen molar-refractivity contribution in [2.75, 3.05) is 5.32 Å². The SMILES string of the molecule is CC(=O)Nc1ccc(S(=O)(=O)/C(C#N)=C/c2cn(Cc3ccc(F)cc3F)c3ccccc23)cc1. The van der Waals surface area contributed by atoms with E-state index in [1.54, 1.807) is 41.1 Å². The van der Waals surface area contributed by atoms with E-state index in [1.165, 1.54) is 49.4 Å². The number of carbonyl (C=O) groups is 1. The zero-order chi connectivity index (χ0) is 25.2. The highest BCUT2D eigenvalue weighted by Crippen LogP contribution is 2.28. The fourth-order valence-corrected chi connectivity index (χ4v) is 4.86. The lowest BCUT2D eigenvalue weighted by Crippen LogP contribution is -2.07. The van der Waals surface area contributed by atoms with Crippen LogP contribution in [0, 0.1) is 23.0 Å². The summed E-state index contributed by atoms with van der Waals surface area (Å²) in [7, 11) is -4.15. The van der Waals surface area contributed by atoms with Gasteiger partial charge in [0.2, 0.25) is 15.7 Å². The van der Waals surface area contributed by atoms with Gasteiger partial charge in [0.1, 0.15) is 22.6 Å². The molecule has 0 aliphatic heterocycles. The molecular weight excluding hydrogens is 472 g/mol. The highest BCUT2D eigenvalue weighted by atomic mass is 32.2. The van der Waals surface area contributed by atoms with Crippen molar-refractivity contribution in [3.8, 4) is 6.07 Å². The number of sulfone groups is 1. The van der Waals surface area contributed by atoms with Crippen LogP contribution < -0.4 is 5.32 Å². The van der Waals surface area contributed by atoms with Crippen LogP contribution in [0.3, 0.4) is 0 Å². The molecule has 0 atom stereocenters. The molecule has 35 heavy (non-hydrogen) atoms. The first kappa shape index (κ1) is 23.9. The van der Waals surface area contributed by atoms with Crippen molar-refractivity contribution in [3.05, 3.63) is 101 Å². The number of nitrogens with one attached hydrogen (secondary N) is 1. The number of nitrogens with zero attached hydrogens (tertiary/aromatic N) is 2. The lowest BCUT2D eigenvalue weighted by molar-refractivity contribution is -0.114. The van der Waals surface area contributed by atoms with Crippen LogP contribution in [0.15, 0.2) is 82.7 Å². The second kappa shape index (κ2) is 9.52. The van der Waals surface area contributed by atoms with Crippen LogP contribution in [0.5, 0.6) is 0 Å². The van der Waals surface area contributed by atoms with Crippen molar-refractivity contribution in [1.82, 2.24) is 4.57 Å². The van der Waals surface area contributed by atoms with Crippen LogP contribution >= 0.6 is 0 Å². The molecule has 1 heterocycles. The molecule has 1 amide bonds. The number of hydrogen-bond donors (Lipinski definition) is 1. The molecule has 0 fully saturated rings. The van der Waals surface area contributed by atoms with Gasteiger partial charge in [0, 0.05) is 46.9 Å². The molecule has 0 aliphatic rings. The lowest BCUT2D eigenvalue weighted by atomic mass is 10.1. The number of aromatic nitrogens is 1. The van der Waals surface area contributed by atoms with Gasteiger partial charge in [-0.2, -0.15) is 5.26 Å². The molecule has 3 aromatic carbocycles. The number of halogens is 2. The fourth-order valence-electron chi connectivity index (χ4n) is 3.71. The molecule has 1 N–H and O–H groups in total. The number of benzene rings is 3. The van der Waals surface area contributed by atoms with E-state index in [1.807, 2.05) is 0 Å². The van der Waals surface area contributed by atoms with Gasteiger partial charge in [-0.3, -0.25) is 4.79 Å². The van der Waals surface area contributed by atoms with Crippen molar-refractivity contribution in [1.29, 1.82) is 5.26 Å². The summed E-state index contributed by atoms with van der Waals surface area (Å²) in [5.74, 6) is -1.67. The molecule has 176 valence electrons. The Hall–Kier alpha value is -4.29. The van der Waals surface area contributed by atoms with Gasteiger partial charge < -0.3 is 9.88 Å². The Balaban J connectivity index is 1.75. The summed E-state index contributed by atoms with van der Waals surface area (Å²) in [6, 6.07) is 17.7. The van der Waals surface area contributed by atoms with E-state index in [0.29, 0.717) is 22.2 Å². The number of fused-ring (bicyclic) bond motifs is 1. The Labute approximate surface area is 200 Å². The molecule has 0 unspecified atom stereocenters. The van der Waals surface area contributed by atoms with E-state index >= 15 is 0 Å². The van der Waals surface area contributed by atoms with Crippen molar-refractivity contribution >= 4 is 38.4 Å². The van der Waals surface area contributed by atoms with Gasteiger partial charge in [0.05, 0.1) is 11.4 Å². The van der Waals surface area contributed by atoms with Gasteiger partial charge in [-0.25, -0.2) is 17.2 Å². The minimum Gasteiger partial charge on any atom is -0.342 e. The number of carbonyl (C=O) groups excluding carboxylic acids is 1. The smallest absolute Gasteiger partial charge is 0.221 e. The number of rotatable bonds is 6. The van der Waals surface area contributed by atoms with E-state index in [9.17, 15) is 27.3 Å². The lowest BCUT2D eigenvalue weighted by Gasteiger charge is -2.07. The number of anilines is 1. The van der Waals surface area contributed by atoms with Gasteiger partial charge in [-0.05, 0) is 42.5 Å². The molecule has 9 heteroatoms. The molecule has 6 nitrogen and oxygen atoms in total. The van der Waals surface area contributed by atoms with E-state index in [4.69, 9.17) is 0 Å².